The van der Waals surface area contributed by atoms with Crippen molar-refractivity contribution in [3.05, 3.63) is 75.6 Å². The maximum absolute atomic E-state index is 12.6. The summed E-state index contributed by atoms with van der Waals surface area (Å²) in [4.78, 5) is 25.0. The zero-order valence-electron chi connectivity index (χ0n) is 14.8. The highest BCUT2D eigenvalue weighted by Crippen LogP contribution is 2.19. The van der Waals surface area contributed by atoms with Gasteiger partial charge in [0, 0.05) is 34.9 Å². The molecule has 4 nitrogen and oxygen atoms in total. The Kier molecular flexibility index (Phi) is 4.70. The molecule has 0 bridgehead atoms. The lowest BCUT2D eigenvalue weighted by Crippen LogP contribution is -2.15. The van der Waals surface area contributed by atoms with Crippen molar-refractivity contribution in [2.45, 2.75) is 33.7 Å². The van der Waals surface area contributed by atoms with E-state index in [1.807, 2.05) is 44.2 Å². The minimum Gasteiger partial charge on any atom is -0.345 e. The summed E-state index contributed by atoms with van der Waals surface area (Å²) in [6.45, 7) is 6.79. The Morgan fingerprint density at radius 1 is 1.08 bits per heavy atom. The van der Waals surface area contributed by atoms with E-state index in [0.29, 0.717) is 10.9 Å². The van der Waals surface area contributed by atoms with E-state index in [1.165, 1.54) is 0 Å². The van der Waals surface area contributed by atoms with Crippen molar-refractivity contribution in [3.8, 4) is 0 Å². The van der Waals surface area contributed by atoms with Gasteiger partial charge in [-0.05, 0) is 50.1 Å². The number of pyridine rings is 1. The molecule has 3 rings (SSSR count). The molecule has 0 fully saturated rings. The lowest BCUT2D eigenvalue weighted by molar-refractivity contribution is 0.102. The molecule has 25 heavy (non-hydrogen) atoms. The van der Waals surface area contributed by atoms with Gasteiger partial charge in [-0.25, -0.2) is 0 Å². The van der Waals surface area contributed by atoms with Gasteiger partial charge >= 0.3 is 0 Å². The average molecular weight is 334 g/mol. The molecule has 0 aliphatic heterocycles. The largest absolute Gasteiger partial charge is 0.345 e. The maximum Gasteiger partial charge on any atom is 0.255 e. The minimum atomic E-state index is -0.203. The molecule has 0 saturated heterocycles. The van der Waals surface area contributed by atoms with Crippen LogP contribution in [0.2, 0.25) is 0 Å². The molecular weight excluding hydrogens is 312 g/mol. The molecule has 1 amide bonds. The van der Waals surface area contributed by atoms with Gasteiger partial charge in [0.1, 0.15) is 0 Å². The van der Waals surface area contributed by atoms with Crippen molar-refractivity contribution in [2.75, 3.05) is 5.32 Å². The topological polar surface area (TPSA) is 51.1 Å². The van der Waals surface area contributed by atoms with Gasteiger partial charge in [0.2, 0.25) is 0 Å². The van der Waals surface area contributed by atoms with Crippen molar-refractivity contribution >= 4 is 22.5 Å². The Morgan fingerprint density at radius 2 is 1.84 bits per heavy atom. The third-order valence-corrected chi connectivity index (χ3v) is 4.54. The number of aromatic nitrogens is 1. The van der Waals surface area contributed by atoms with Crippen LogP contribution in [0, 0.1) is 6.92 Å². The van der Waals surface area contributed by atoms with Crippen LogP contribution in [0.25, 0.3) is 10.9 Å². The molecule has 0 saturated carbocycles. The van der Waals surface area contributed by atoms with E-state index in [0.717, 1.165) is 35.4 Å². The van der Waals surface area contributed by atoms with E-state index in [1.54, 1.807) is 18.2 Å². The number of nitrogens with one attached hydrogen (secondary N) is 1. The summed E-state index contributed by atoms with van der Waals surface area (Å²) in [5.74, 6) is -0.203. The number of fused-ring (bicyclic) bond motifs is 1. The number of aryl methyl sites for hydroxylation is 3. The molecule has 4 heteroatoms. The number of carbonyl (C=O) groups is 1. The number of nitrogens with zero attached hydrogens (tertiary/aromatic N) is 1. The maximum atomic E-state index is 12.6. The molecule has 0 radical (unpaired) electrons. The van der Waals surface area contributed by atoms with Crippen LogP contribution in [0.15, 0.2) is 53.3 Å². The quantitative estimate of drug-likeness (QED) is 0.779. The number of hydrogen-bond donors (Lipinski definition) is 1. The molecule has 2 aromatic carbocycles. The Bertz CT molecular complexity index is 1000. The highest BCUT2D eigenvalue weighted by molar-refractivity contribution is 6.06. The van der Waals surface area contributed by atoms with Crippen LogP contribution in [0.1, 0.15) is 35.5 Å². The zero-order valence-corrected chi connectivity index (χ0v) is 14.8. The van der Waals surface area contributed by atoms with Crippen molar-refractivity contribution in [2.24, 2.45) is 0 Å². The number of carbonyl (C=O) groups excluding carboxylic acids is 1. The number of amides is 1. The first-order valence-corrected chi connectivity index (χ1v) is 8.58. The van der Waals surface area contributed by atoms with Crippen LogP contribution in [0.5, 0.6) is 0 Å². The number of benzene rings is 2. The molecule has 0 spiro atoms. The first kappa shape index (κ1) is 17.0. The predicted octanol–water partition coefficient (Wildman–Crippen LogP) is 4.14. The van der Waals surface area contributed by atoms with Gasteiger partial charge in [0.05, 0.1) is 5.52 Å². The highest BCUT2D eigenvalue weighted by atomic mass is 16.1. The van der Waals surface area contributed by atoms with Gasteiger partial charge < -0.3 is 9.88 Å². The van der Waals surface area contributed by atoms with Crippen molar-refractivity contribution in [1.82, 2.24) is 4.57 Å². The number of para-hydroxylation sites is 1. The molecule has 0 unspecified atom stereocenters. The molecule has 0 aliphatic rings. The third kappa shape index (κ3) is 3.20. The summed E-state index contributed by atoms with van der Waals surface area (Å²) in [6.07, 6.45) is 0.842. The molecule has 0 atom stereocenters. The molecule has 0 aliphatic carbocycles. The Morgan fingerprint density at radius 3 is 2.56 bits per heavy atom. The average Bonchev–Trinajstić information content (AvgIpc) is 2.62. The van der Waals surface area contributed by atoms with E-state index in [4.69, 9.17) is 0 Å². The smallest absolute Gasteiger partial charge is 0.255 e. The van der Waals surface area contributed by atoms with Gasteiger partial charge in [-0.1, -0.05) is 25.1 Å². The van der Waals surface area contributed by atoms with Crippen LogP contribution in [-0.2, 0) is 13.0 Å². The van der Waals surface area contributed by atoms with Crippen molar-refractivity contribution in [1.29, 1.82) is 0 Å². The van der Waals surface area contributed by atoms with Gasteiger partial charge in [-0.15, -0.1) is 0 Å². The number of anilines is 1. The van der Waals surface area contributed by atoms with Crippen LogP contribution < -0.4 is 10.7 Å². The fourth-order valence-corrected chi connectivity index (χ4v) is 3.21. The minimum absolute atomic E-state index is 0.0548. The van der Waals surface area contributed by atoms with Crippen LogP contribution >= 0.6 is 0 Å². The normalized spacial score (nSPS) is 10.8. The zero-order chi connectivity index (χ0) is 18.0. The summed E-state index contributed by atoms with van der Waals surface area (Å²) >= 11 is 0. The molecule has 3 aromatic rings. The van der Waals surface area contributed by atoms with E-state index < -0.39 is 0 Å². The van der Waals surface area contributed by atoms with E-state index in [2.05, 4.69) is 16.8 Å². The van der Waals surface area contributed by atoms with Crippen molar-refractivity contribution < 1.29 is 4.79 Å². The van der Waals surface area contributed by atoms with Crippen LogP contribution in [0.4, 0.5) is 5.69 Å². The summed E-state index contributed by atoms with van der Waals surface area (Å²) in [7, 11) is 0. The van der Waals surface area contributed by atoms with Gasteiger partial charge in [0.15, 0.2) is 5.43 Å². The number of hydrogen-bond acceptors (Lipinski definition) is 2. The van der Waals surface area contributed by atoms with Crippen molar-refractivity contribution in [3.63, 3.8) is 0 Å². The predicted molar refractivity (Wildman–Crippen MR) is 102 cm³/mol. The van der Waals surface area contributed by atoms with Gasteiger partial charge in [-0.3, -0.25) is 9.59 Å². The first-order chi connectivity index (χ1) is 12.0. The summed E-state index contributed by atoms with van der Waals surface area (Å²) in [5.41, 5.74) is 4.11. The molecule has 1 N–H and O–H groups in total. The lowest BCUT2D eigenvalue weighted by Gasteiger charge is -2.14. The molecule has 1 aromatic heterocycles. The van der Waals surface area contributed by atoms with Gasteiger partial charge in [-0.2, -0.15) is 0 Å². The van der Waals surface area contributed by atoms with Crippen LogP contribution in [0.3, 0.4) is 0 Å². The summed E-state index contributed by atoms with van der Waals surface area (Å²) in [6, 6.07) is 14.7. The Hall–Kier alpha value is -2.88. The summed E-state index contributed by atoms with van der Waals surface area (Å²) in [5, 5.41) is 3.53. The van der Waals surface area contributed by atoms with Crippen LogP contribution in [-0.4, -0.2) is 10.5 Å². The standard InChI is InChI=1S/C21H22N2O2/c1-4-15-8-6-7-9-18(15)22-21(25)16-10-11-19-17(13-16)20(24)12-14(3)23(19)5-2/h6-13H,4-5H2,1-3H3,(H,22,25). The second-order valence-corrected chi connectivity index (χ2v) is 6.09. The fourth-order valence-electron chi connectivity index (χ4n) is 3.21. The molecule has 128 valence electrons. The van der Waals surface area contributed by atoms with Gasteiger partial charge in [0.25, 0.3) is 5.91 Å². The molecule has 1 heterocycles. The monoisotopic (exact) mass is 334 g/mol. The van der Waals surface area contributed by atoms with E-state index in [-0.39, 0.29) is 11.3 Å². The first-order valence-electron chi connectivity index (χ1n) is 8.58. The fraction of sp³-hybridized carbons (Fsp3) is 0.238. The Balaban J connectivity index is 2.02. The SMILES string of the molecule is CCc1ccccc1NC(=O)c1ccc2c(c1)c(=O)cc(C)n2CC. The second kappa shape index (κ2) is 6.93. The summed E-state index contributed by atoms with van der Waals surface area (Å²) < 4.78 is 2.07. The van der Waals surface area contributed by atoms with E-state index in [9.17, 15) is 9.59 Å². The third-order valence-electron chi connectivity index (χ3n) is 4.54. The number of rotatable bonds is 4. The lowest BCUT2D eigenvalue weighted by atomic mass is 10.1. The molecular formula is C21H22N2O2. The van der Waals surface area contributed by atoms with E-state index >= 15 is 0 Å². The Labute approximate surface area is 147 Å². The second-order valence-electron chi connectivity index (χ2n) is 6.09. The highest BCUT2D eigenvalue weighted by Gasteiger charge is 2.12.